The number of rotatable bonds is 53. The van der Waals surface area contributed by atoms with Crippen molar-refractivity contribution in [3.8, 4) is 0 Å². The first-order valence-electron chi connectivity index (χ1n) is 31.3. The molecule has 0 radical (unpaired) electrons. The zero-order chi connectivity index (χ0) is 56.1. The van der Waals surface area contributed by atoms with Crippen molar-refractivity contribution in [2.24, 2.45) is 0 Å². The molecule has 0 aromatic heterocycles. The molecule has 0 aromatic rings. The number of carbonyl (C=O) groups excluding carboxylic acids is 3. The summed E-state index contributed by atoms with van der Waals surface area (Å²) in [6.07, 6.45) is 53.3. The van der Waals surface area contributed by atoms with E-state index in [0.29, 0.717) is 19.3 Å². The third-order valence-electron chi connectivity index (χ3n) is 14.1. The molecule has 3 N–H and O–H groups in total. The molecule has 6 atom stereocenters. The summed E-state index contributed by atoms with van der Waals surface area (Å²) in [6.45, 7) is 5.86. The molecular weight excluding hydrogens is 973 g/mol. The minimum Gasteiger partial charge on any atom is -0.479 e. The van der Waals surface area contributed by atoms with Gasteiger partial charge in [0, 0.05) is 19.3 Å². The van der Waals surface area contributed by atoms with Crippen LogP contribution < -0.4 is 0 Å². The van der Waals surface area contributed by atoms with Crippen molar-refractivity contribution in [1.82, 2.24) is 0 Å². The normalized spacial score (nSPS) is 18.4. The molecule has 444 valence electrons. The van der Waals surface area contributed by atoms with E-state index in [9.17, 15) is 34.5 Å². The van der Waals surface area contributed by atoms with E-state index in [-0.39, 0.29) is 25.9 Å². The number of carboxylic acids is 1. The molecule has 6 unspecified atom stereocenters. The lowest BCUT2D eigenvalue weighted by Crippen LogP contribution is -2.61. The highest BCUT2D eigenvalue weighted by atomic mass is 16.7. The monoisotopic (exact) mass is 1080 g/mol. The van der Waals surface area contributed by atoms with Crippen LogP contribution in [0.1, 0.15) is 278 Å². The predicted molar refractivity (Wildman–Crippen MR) is 312 cm³/mol. The van der Waals surface area contributed by atoms with E-state index in [0.717, 1.165) is 122 Å². The lowest BCUT2D eigenvalue weighted by atomic mass is 9.98. The molecule has 1 saturated heterocycles. The largest absolute Gasteiger partial charge is 0.479 e. The predicted octanol–water partition coefficient (Wildman–Crippen LogP) is 16.3. The van der Waals surface area contributed by atoms with E-state index in [1.807, 2.05) is 0 Å². The fraction of sp³-hybridized carbons (Fsp3) is 0.785. The average Bonchev–Trinajstić information content (AvgIpc) is 3.42. The maximum Gasteiger partial charge on any atom is 0.335 e. The van der Waals surface area contributed by atoms with Gasteiger partial charge in [0.2, 0.25) is 0 Å². The second kappa shape index (κ2) is 53.1. The third-order valence-corrected chi connectivity index (χ3v) is 14.1. The third kappa shape index (κ3) is 43.0. The minimum absolute atomic E-state index is 0.0437. The maximum atomic E-state index is 13.1. The number of aliphatic hydroxyl groups excluding tert-OH is 2. The van der Waals surface area contributed by atoms with Crippen LogP contribution in [-0.2, 0) is 42.9 Å². The molecule has 0 amide bonds. The number of ether oxygens (including phenoxy) is 5. The summed E-state index contributed by atoms with van der Waals surface area (Å²) >= 11 is 0. The van der Waals surface area contributed by atoms with Crippen molar-refractivity contribution in [2.75, 3.05) is 13.2 Å². The Morgan fingerprint density at radius 2 is 0.831 bits per heavy atom. The molecule has 77 heavy (non-hydrogen) atoms. The van der Waals surface area contributed by atoms with E-state index in [1.165, 1.54) is 96.3 Å². The summed E-state index contributed by atoms with van der Waals surface area (Å²) in [5.41, 5.74) is 0. The van der Waals surface area contributed by atoms with Gasteiger partial charge in [-0.05, 0) is 77.0 Å². The second-order valence-corrected chi connectivity index (χ2v) is 21.3. The molecule has 1 fully saturated rings. The van der Waals surface area contributed by atoms with Crippen LogP contribution in [0.2, 0.25) is 0 Å². The van der Waals surface area contributed by atoms with Gasteiger partial charge in [0.15, 0.2) is 24.6 Å². The summed E-state index contributed by atoms with van der Waals surface area (Å²) in [5, 5.41) is 31.5. The van der Waals surface area contributed by atoms with E-state index >= 15 is 0 Å². The number of esters is 3. The van der Waals surface area contributed by atoms with E-state index in [4.69, 9.17) is 23.7 Å². The van der Waals surface area contributed by atoms with E-state index in [2.05, 4.69) is 81.5 Å². The van der Waals surface area contributed by atoms with Crippen LogP contribution in [0.3, 0.4) is 0 Å². The highest BCUT2D eigenvalue weighted by Gasteiger charge is 2.50. The highest BCUT2D eigenvalue weighted by Crippen LogP contribution is 2.27. The topological polar surface area (TPSA) is 175 Å². The molecule has 0 aliphatic carbocycles. The smallest absolute Gasteiger partial charge is 0.335 e. The number of carbonyl (C=O) groups is 4. The molecule has 0 bridgehead atoms. The van der Waals surface area contributed by atoms with Crippen molar-refractivity contribution < 1.29 is 58.2 Å². The van der Waals surface area contributed by atoms with Crippen molar-refractivity contribution in [2.45, 2.75) is 314 Å². The molecular formula is C65H112O12. The Bertz CT molecular complexity index is 1570. The molecule has 0 spiro atoms. The zero-order valence-electron chi connectivity index (χ0n) is 49.0. The Morgan fingerprint density at radius 1 is 0.442 bits per heavy atom. The average molecular weight is 1090 g/mol. The van der Waals surface area contributed by atoms with Gasteiger partial charge in [-0.2, -0.15) is 0 Å². The Labute approximate surface area is 468 Å². The molecule has 1 aliphatic heterocycles. The van der Waals surface area contributed by atoms with Crippen LogP contribution in [-0.4, -0.2) is 89.2 Å². The van der Waals surface area contributed by atoms with Crippen molar-refractivity contribution >= 4 is 23.9 Å². The fourth-order valence-electron chi connectivity index (χ4n) is 9.28. The van der Waals surface area contributed by atoms with Crippen LogP contribution in [0.15, 0.2) is 60.8 Å². The van der Waals surface area contributed by atoms with Crippen LogP contribution in [0.4, 0.5) is 0 Å². The Kier molecular flexibility index (Phi) is 49.2. The summed E-state index contributed by atoms with van der Waals surface area (Å²) in [5.74, 6) is -3.13. The van der Waals surface area contributed by atoms with E-state index in [1.54, 1.807) is 0 Å². The lowest BCUT2D eigenvalue weighted by molar-refractivity contribution is -0.301. The molecule has 0 saturated carbocycles. The number of aliphatic hydroxyl groups is 2. The Morgan fingerprint density at radius 3 is 1.30 bits per heavy atom. The van der Waals surface area contributed by atoms with Gasteiger partial charge in [-0.15, -0.1) is 0 Å². The van der Waals surface area contributed by atoms with E-state index < -0.39 is 67.3 Å². The van der Waals surface area contributed by atoms with Gasteiger partial charge in [-0.1, -0.05) is 242 Å². The number of hydrogen-bond donors (Lipinski definition) is 3. The molecule has 12 heteroatoms. The lowest BCUT2D eigenvalue weighted by Gasteiger charge is -2.40. The molecule has 1 rings (SSSR count). The number of allylic oxidation sites excluding steroid dienone is 10. The Balaban J connectivity index is 2.64. The highest BCUT2D eigenvalue weighted by molar-refractivity contribution is 5.74. The van der Waals surface area contributed by atoms with Crippen molar-refractivity contribution in [1.29, 1.82) is 0 Å². The first kappa shape index (κ1) is 71.4. The minimum atomic E-state index is -1.91. The van der Waals surface area contributed by atoms with Crippen molar-refractivity contribution in [3.63, 3.8) is 0 Å². The quantitative estimate of drug-likeness (QED) is 0.0228. The zero-order valence-corrected chi connectivity index (χ0v) is 49.0. The Hall–Kier alpha value is -3.58. The number of hydrogen-bond acceptors (Lipinski definition) is 11. The summed E-state index contributed by atoms with van der Waals surface area (Å²) in [4.78, 5) is 51.2. The standard InChI is InChI=1S/C65H112O12/c1-4-7-10-13-16-19-22-24-26-28-29-31-33-35-38-41-44-47-50-53-59(68)76-63-61(70)60(69)62(64(71)72)77-65(63)74-55-56(75-58(67)52-49-46-43-40-36-21-18-15-12-9-6-3)54-73-57(66)51-48-45-42-39-37-34-32-30-27-25-23-20-17-14-11-8-5-2/h7,10,15-16,18-19,24,26,29,31,56,60-63,65,69-70H,4-6,8-9,11-14,17,20-23,25,27-28,30,32-55H2,1-3H3,(H,71,72)/b10-7-,18-15-,19-16-,26-24-,31-29-. The van der Waals surface area contributed by atoms with Gasteiger partial charge >= 0.3 is 23.9 Å². The van der Waals surface area contributed by atoms with Gasteiger partial charge < -0.3 is 39.0 Å². The fourth-order valence-corrected chi connectivity index (χ4v) is 9.28. The molecule has 12 nitrogen and oxygen atoms in total. The maximum absolute atomic E-state index is 13.1. The van der Waals surface area contributed by atoms with Gasteiger partial charge in [-0.25, -0.2) is 4.79 Å². The number of unbranched alkanes of at least 4 members (excludes halogenated alkanes) is 29. The van der Waals surface area contributed by atoms with Crippen LogP contribution in [0.25, 0.3) is 0 Å². The summed E-state index contributed by atoms with van der Waals surface area (Å²) in [6, 6.07) is 0. The SMILES string of the molecule is CC/C=C\C/C=C\C/C=C\C/C=C\CCCCCCCCC(=O)OC1C(OCC(COC(=O)CCCCCCCCCCCCCCCCCCC)OC(=O)CCCCCCC/C=C\CCCC)OC(C(=O)O)C(O)C1O. The van der Waals surface area contributed by atoms with Gasteiger partial charge in [0.1, 0.15) is 18.8 Å². The summed E-state index contributed by atoms with van der Waals surface area (Å²) < 4.78 is 28.5. The van der Waals surface area contributed by atoms with Crippen LogP contribution >= 0.6 is 0 Å². The van der Waals surface area contributed by atoms with Gasteiger partial charge in [0.25, 0.3) is 0 Å². The van der Waals surface area contributed by atoms with Crippen LogP contribution in [0, 0.1) is 0 Å². The first-order valence-corrected chi connectivity index (χ1v) is 31.3. The van der Waals surface area contributed by atoms with Gasteiger partial charge in [-0.3, -0.25) is 14.4 Å². The molecule has 0 aromatic carbocycles. The first-order chi connectivity index (χ1) is 37.6. The van der Waals surface area contributed by atoms with Crippen molar-refractivity contribution in [3.05, 3.63) is 60.8 Å². The number of carboxylic acid groups (broad SMARTS) is 1. The molecule has 1 heterocycles. The summed E-state index contributed by atoms with van der Waals surface area (Å²) in [7, 11) is 0. The molecule has 1 aliphatic rings. The second-order valence-electron chi connectivity index (χ2n) is 21.3. The number of aliphatic carboxylic acids is 1. The van der Waals surface area contributed by atoms with Gasteiger partial charge in [0.05, 0.1) is 6.61 Å². The van der Waals surface area contributed by atoms with Crippen LogP contribution in [0.5, 0.6) is 0 Å².